The van der Waals surface area contributed by atoms with Gasteiger partial charge in [0, 0.05) is 30.7 Å². The van der Waals surface area contributed by atoms with E-state index < -0.39 is 47.4 Å². The second-order valence-electron chi connectivity index (χ2n) is 11.4. The Morgan fingerprint density at radius 1 is 1.05 bits per heavy atom. The van der Waals surface area contributed by atoms with Crippen molar-refractivity contribution < 1.29 is 27.9 Å². The molecule has 2 heterocycles. The molecular weight excluding hydrogens is 511 g/mol. The van der Waals surface area contributed by atoms with Gasteiger partial charge in [-0.1, -0.05) is 52.2 Å². The number of aromatic nitrogens is 2. The first-order chi connectivity index (χ1) is 18.4. The molecule has 4 rings (SSSR count). The molecular formula is C28H36F3N5O3. The summed E-state index contributed by atoms with van der Waals surface area (Å²) in [6.45, 7) is 5.94. The Labute approximate surface area is 226 Å². The minimum atomic E-state index is -5.28. The first-order valence-corrected chi connectivity index (χ1v) is 13.4. The number of hydrogen-bond donors (Lipinski definition) is 3. The lowest BCUT2D eigenvalue weighted by Gasteiger charge is -2.44. The summed E-state index contributed by atoms with van der Waals surface area (Å²) in [5.74, 6) is -2.37. The zero-order valence-electron chi connectivity index (χ0n) is 22.5. The van der Waals surface area contributed by atoms with Crippen LogP contribution in [0.4, 0.5) is 18.9 Å². The summed E-state index contributed by atoms with van der Waals surface area (Å²) < 4.78 is 46.8. The van der Waals surface area contributed by atoms with Gasteiger partial charge in [0.05, 0.1) is 18.3 Å². The highest BCUT2D eigenvalue weighted by molar-refractivity contribution is 6.06. The molecule has 2 amide bonds. The molecule has 8 nitrogen and oxygen atoms in total. The fraction of sp³-hybridized carbons (Fsp3) is 0.571. The fourth-order valence-corrected chi connectivity index (χ4v) is 5.41. The maximum atomic E-state index is 15.6. The van der Waals surface area contributed by atoms with Crippen molar-refractivity contribution in [3.8, 4) is 0 Å². The molecule has 1 aliphatic heterocycles. The fourth-order valence-electron chi connectivity index (χ4n) is 5.41. The van der Waals surface area contributed by atoms with Crippen molar-refractivity contribution in [1.82, 2.24) is 20.6 Å². The van der Waals surface area contributed by atoms with Crippen LogP contribution in [0.25, 0.3) is 0 Å². The zero-order chi connectivity index (χ0) is 28.4. The highest BCUT2D eigenvalue weighted by Gasteiger charge is 2.69. The van der Waals surface area contributed by atoms with Gasteiger partial charge in [0.25, 0.3) is 11.4 Å². The molecule has 11 heteroatoms. The maximum absolute atomic E-state index is 15.6. The zero-order valence-corrected chi connectivity index (χ0v) is 22.5. The van der Waals surface area contributed by atoms with Crippen molar-refractivity contribution in [2.45, 2.75) is 94.6 Å². The van der Waals surface area contributed by atoms with Gasteiger partial charge in [0.15, 0.2) is 0 Å². The highest BCUT2D eigenvalue weighted by atomic mass is 19.4. The largest absolute Gasteiger partial charge is 0.427 e. The third-order valence-corrected chi connectivity index (χ3v) is 7.57. The van der Waals surface area contributed by atoms with Gasteiger partial charge in [-0.05, 0) is 42.4 Å². The number of β-amino-alcohol motifs (C(OH)–C–C–N with tert-alkyl or cyclic N) is 1. The van der Waals surface area contributed by atoms with Gasteiger partial charge in [-0.2, -0.15) is 13.2 Å². The monoisotopic (exact) mass is 547 g/mol. The molecule has 2 aromatic rings. The molecule has 1 aliphatic carbocycles. The van der Waals surface area contributed by atoms with E-state index in [0.29, 0.717) is 17.7 Å². The molecule has 1 saturated heterocycles. The van der Waals surface area contributed by atoms with E-state index in [1.807, 2.05) is 20.8 Å². The summed E-state index contributed by atoms with van der Waals surface area (Å²) in [6.07, 6.45) is 0.509. The molecule has 2 fully saturated rings. The Morgan fingerprint density at radius 2 is 1.72 bits per heavy atom. The number of hydrogen-bond acceptors (Lipinski definition) is 6. The van der Waals surface area contributed by atoms with Crippen molar-refractivity contribution in [2.24, 2.45) is 0 Å². The Kier molecular flexibility index (Phi) is 8.32. The van der Waals surface area contributed by atoms with Crippen LogP contribution in [0.2, 0.25) is 0 Å². The normalized spacial score (nSPS) is 22.2. The van der Waals surface area contributed by atoms with Gasteiger partial charge >= 0.3 is 6.18 Å². The van der Waals surface area contributed by atoms with E-state index in [0.717, 1.165) is 37.2 Å². The van der Waals surface area contributed by atoms with Gasteiger partial charge in [-0.25, -0.2) is 0 Å². The van der Waals surface area contributed by atoms with Crippen LogP contribution in [-0.4, -0.2) is 57.8 Å². The van der Waals surface area contributed by atoms with E-state index in [1.54, 1.807) is 12.1 Å². The summed E-state index contributed by atoms with van der Waals surface area (Å²) in [5, 5.41) is 15.5. The van der Waals surface area contributed by atoms with Crippen LogP contribution < -0.4 is 15.5 Å². The number of aliphatic hydroxyl groups excluding tert-OH is 1. The molecule has 212 valence electrons. The minimum absolute atomic E-state index is 0.0473. The number of carbonyl (C=O) groups excluding carboxylic acids is 2. The molecule has 39 heavy (non-hydrogen) atoms. The number of halogens is 3. The van der Waals surface area contributed by atoms with E-state index in [4.69, 9.17) is 0 Å². The average Bonchev–Trinajstić information content (AvgIpc) is 3.33. The predicted molar refractivity (Wildman–Crippen MR) is 140 cm³/mol. The molecule has 1 saturated carbocycles. The van der Waals surface area contributed by atoms with Gasteiger partial charge in [-0.3, -0.25) is 24.5 Å². The van der Waals surface area contributed by atoms with Crippen molar-refractivity contribution in [3.63, 3.8) is 0 Å². The summed E-state index contributed by atoms with van der Waals surface area (Å²) in [6, 6.07) is 4.56. The van der Waals surface area contributed by atoms with Crippen LogP contribution in [0.5, 0.6) is 0 Å². The third-order valence-electron chi connectivity index (χ3n) is 7.57. The standard InChI is InChI=1S/C28H36F3N5O3/c1-26(2,3)18-9-11-20(12-10-18)36(24(38)22-15-21(37)16-34-22)27(28(29,30)31,23-17-32-13-14-33-23)25(39)35-19-7-5-4-6-8-19/h9-14,17,19,21-22,34,37H,4-8,15-16H2,1-3H3,(H,35,39). The molecule has 1 aromatic carbocycles. The third kappa shape index (κ3) is 5.79. The van der Waals surface area contributed by atoms with Gasteiger partial charge in [0.1, 0.15) is 5.69 Å². The number of rotatable bonds is 6. The second kappa shape index (κ2) is 11.2. The summed E-state index contributed by atoms with van der Waals surface area (Å²) in [7, 11) is 0. The van der Waals surface area contributed by atoms with E-state index in [-0.39, 0.29) is 24.1 Å². The second-order valence-corrected chi connectivity index (χ2v) is 11.4. The van der Waals surface area contributed by atoms with E-state index in [2.05, 4.69) is 20.6 Å². The average molecular weight is 548 g/mol. The van der Waals surface area contributed by atoms with Crippen LogP contribution in [0.1, 0.15) is 70.6 Å². The number of nitrogens with zero attached hydrogens (tertiary/aromatic N) is 3. The minimum Gasteiger partial charge on any atom is -0.392 e. The summed E-state index contributed by atoms with van der Waals surface area (Å²) in [4.78, 5) is 36.4. The number of benzene rings is 1. The van der Waals surface area contributed by atoms with Crippen LogP contribution in [0, 0.1) is 0 Å². The quantitative estimate of drug-likeness (QED) is 0.509. The Hall–Kier alpha value is -3.05. The molecule has 0 bridgehead atoms. The predicted octanol–water partition coefficient (Wildman–Crippen LogP) is 3.74. The van der Waals surface area contributed by atoms with Crippen molar-refractivity contribution >= 4 is 17.5 Å². The van der Waals surface area contributed by atoms with Gasteiger partial charge in [0.2, 0.25) is 5.91 Å². The van der Waals surface area contributed by atoms with E-state index in [9.17, 15) is 14.7 Å². The highest BCUT2D eigenvalue weighted by Crippen LogP contribution is 2.47. The number of nitrogens with one attached hydrogen (secondary N) is 2. The Morgan fingerprint density at radius 3 is 2.23 bits per heavy atom. The number of alkyl halides is 3. The smallest absolute Gasteiger partial charge is 0.392 e. The van der Waals surface area contributed by atoms with Crippen molar-refractivity contribution in [1.29, 1.82) is 0 Å². The van der Waals surface area contributed by atoms with Crippen LogP contribution in [0.15, 0.2) is 42.9 Å². The topological polar surface area (TPSA) is 107 Å². The molecule has 2 aliphatic rings. The molecule has 0 spiro atoms. The lowest BCUT2D eigenvalue weighted by molar-refractivity contribution is -0.198. The number of aliphatic hydroxyl groups is 1. The van der Waals surface area contributed by atoms with Gasteiger partial charge in [-0.15, -0.1) is 0 Å². The maximum Gasteiger partial charge on any atom is 0.427 e. The van der Waals surface area contributed by atoms with Crippen LogP contribution in [-0.2, 0) is 20.5 Å². The molecule has 3 N–H and O–H groups in total. The number of anilines is 1. The molecule has 3 atom stereocenters. The summed E-state index contributed by atoms with van der Waals surface area (Å²) >= 11 is 0. The SMILES string of the molecule is CC(C)(C)c1ccc(N(C(=O)C2CC(O)CN2)C(C(=O)NC2CCCCC2)(c2cnccn2)C(F)(F)F)cc1. The Bertz CT molecular complexity index is 1150. The van der Waals surface area contributed by atoms with Crippen molar-refractivity contribution in [2.75, 3.05) is 11.4 Å². The van der Waals surface area contributed by atoms with E-state index in [1.165, 1.54) is 18.3 Å². The van der Waals surface area contributed by atoms with Crippen molar-refractivity contribution in [3.05, 3.63) is 54.1 Å². The Balaban J connectivity index is 1.94. The molecule has 3 unspecified atom stereocenters. The number of carbonyl (C=O) groups is 2. The first-order valence-electron chi connectivity index (χ1n) is 13.4. The lowest BCUT2D eigenvalue weighted by Crippen LogP contribution is -2.69. The van der Waals surface area contributed by atoms with Crippen LogP contribution >= 0.6 is 0 Å². The molecule has 1 aromatic heterocycles. The number of amides is 2. The van der Waals surface area contributed by atoms with E-state index >= 15 is 13.2 Å². The van der Waals surface area contributed by atoms with Crippen LogP contribution in [0.3, 0.4) is 0 Å². The molecule has 0 radical (unpaired) electrons. The first kappa shape index (κ1) is 28.9. The van der Waals surface area contributed by atoms with Gasteiger partial charge < -0.3 is 15.7 Å². The summed E-state index contributed by atoms with van der Waals surface area (Å²) in [5.41, 5.74) is -3.78. The lowest BCUT2D eigenvalue weighted by atomic mass is 9.85.